The summed E-state index contributed by atoms with van der Waals surface area (Å²) in [5, 5.41) is 0.423. The molecule has 0 saturated carbocycles. The minimum atomic E-state index is -0.306. The summed E-state index contributed by atoms with van der Waals surface area (Å²) in [6.45, 7) is 4.11. The number of benzene rings is 1. The minimum absolute atomic E-state index is 0.0428. The van der Waals surface area contributed by atoms with Crippen molar-refractivity contribution in [1.82, 2.24) is 0 Å². The van der Waals surface area contributed by atoms with E-state index in [0.29, 0.717) is 23.4 Å². The summed E-state index contributed by atoms with van der Waals surface area (Å²) in [4.78, 5) is 11.6. The molecule has 1 aromatic carbocycles. The monoisotopic (exact) mass is 266 g/mol. The summed E-state index contributed by atoms with van der Waals surface area (Å²) in [5.74, 6) is -0.187. The Morgan fingerprint density at radius 1 is 1.33 bits per heavy atom. The molecule has 0 amide bonds. The van der Waals surface area contributed by atoms with Gasteiger partial charge in [0.25, 0.3) is 0 Å². The molecule has 0 bridgehead atoms. The second-order valence-corrected chi connectivity index (χ2v) is 6.07. The average molecular weight is 267 g/mol. The molecule has 0 radical (unpaired) electrons. The third kappa shape index (κ3) is 2.99. The third-order valence-corrected chi connectivity index (χ3v) is 3.54. The molecule has 0 heterocycles. The van der Waals surface area contributed by atoms with Crippen LogP contribution in [0.2, 0.25) is 5.02 Å². The normalized spacial score (nSPS) is 18.7. The quantitative estimate of drug-likeness (QED) is 0.778. The van der Waals surface area contributed by atoms with Crippen molar-refractivity contribution in [1.29, 1.82) is 0 Å². The Morgan fingerprint density at radius 3 is 2.67 bits per heavy atom. The van der Waals surface area contributed by atoms with Crippen LogP contribution in [0.15, 0.2) is 29.8 Å². The van der Waals surface area contributed by atoms with Gasteiger partial charge in [-0.1, -0.05) is 37.1 Å². The van der Waals surface area contributed by atoms with Gasteiger partial charge in [-0.3, -0.25) is 4.79 Å². The summed E-state index contributed by atoms with van der Waals surface area (Å²) < 4.78 is 13.7. The highest BCUT2D eigenvalue weighted by molar-refractivity contribution is 6.31. The van der Waals surface area contributed by atoms with Crippen LogP contribution in [0.5, 0.6) is 0 Å². The van der Waals surface area contributed by atoms with Crippen molar-refractivity contribution in [3.63, 3.8) is 0 Å². The number of halogens is 2. The second-order valence-electron chi connectivity index (χ2n) is 5.66. The number of hydrogen-bond donors (Lipinski definition) is 0. The van der Waals surface area contributed by atoms with Crippen molar-refractivity contribution in [3.05, 3.63) is 46.3 Å². The van der Waals surface area contributed by atoms with Crippen molar-refractivity contribution in [3.8, 4) is 0 Å². The molecule has 0 aromatic heterocycles. The predicted octanol–water partition coefficient (Wildman–Crippen LogP) is 4.34. The number of rotatable bonds is 2. The lowest BCUT2D eigenvalue weighted by Gasteiger charge is -2.29. The van der Waals surface area contributed by atoms with E-state index in [1.807, 2.05) is 0 Å². The van der Waals surface area contributed by atoms with Crippen LogP contribution in [-0.2, 0) is 11.2 Å². The molecule has 1 aliphatic carbocycles. The fraction of sp³-hybridized carbons (Fsp3) is 0.400. The summed E-state index contributed by atoms with van der Waals surface area (Å²) in [6, 6.07) is 4.67. The lowest BCUT2D eigenvalue weighted by atomic mass is 9.75. The molecule has 0 spiro atoms. The van der Waals surface area contributed by atoms with Gasteiger partial charge in [0.1, 0.15) is 5.82 Å². The zero-order valence-corrected chi connectivity index (χ0v) is 11.4. The Hall–Kier alpha value is -1.15. The van der Waals surface area contributed by atoms with Crippen molar-refractivity contribution < 1.29 is 9.18 Å². The molecule has 0 atom stereocenters. The Kier molecular flexibility index (Phi) is 3.58. The van der Waals surface area contributed by atoms with E-state index in [1.54, 1.807) is 18.2 Å². The van der Waals surface area contributed by atoms with Gasteiger partial charge in [-0.05, 0) is 36.5 Å². The highest BCUT2D eigenvalue weighted by Gasteiger charge is 2.27. The van der Waals surface area contributed by atoms with Crippen LogP contribution in [0, 0.1) is 11.2 Å². The second kappa shape index (κ2) is 4.85. The molecule has 0 unspecified atom stereocenters. The summed E-state index contributed by atoms with van der Waals surface area (Å²) in [5.41, 5.74) is 1.40. The smallest absolute Gasteiger partial charge is 0.156 e. The largest absolute Gasteiger partial charge is 0.295 e. The van der Waals surface area contributed by atoms with Crippen LogP contribution in [-0.4, -0.2) is 5.78 Å². The van der Waals surface area contributed by atoms with E-state index in [1.165, 1.54) is 6.07 Å². The molecule has 2 rings (SSSR count). The van der Waals surface area contributed by atoms with E-state index in [2.05, 4.69) is 13.8 Å². The van der Waals surface area contributed by atoms with Crippen LogP contribution in [0.4, 0.5) is 4.39 Å². The fourth-order valence-corrected chi connectivity index (χ4v) is 2.75. The zero-order valence-electron chi connectivity index (χ0n) is 10.6. The minimum Gasteiger partial charge on any atom is -0.295 e. The number of carbonyl (C=O) groups is 1. The maximum Gasteiger partial charge on any atom is 0.156 e. The van der Waals surface area contributed by atoms with Crippen molar-refractivity contribution in [2.45, 2.75) is 33.1 Å². The summed E-state index contributed by atoms with van der Waals surface area (Å²) in [6.07, 6.45) is 3.43. The molecular weight excluding hydrogens is 251 g/mol. The van der Waals surface area contributed by atoms with E-state index >= 15 is 0 Å². The average Bonchev–Trinajstić information content (AvgIpc) is 2.21. The van der Waals surface area contributed by atoms with E-state index in [0.717, 1.165) is 12.0 Å². The highest BCUT2D eigenvalue weighted by Crippen LogP contribution is 2.36. The van der Waals surface area contributed by atoms with E-state index in [-0.39, 0.29) is 17.0 Å². The van der Waals surface area contributed by atoms with Crippen LogP contribution in [0.3, 0.4) is 0 Å². The lowest BCUT2D eigenvalue weighted by molar-refractivity contribution is -0.117. The Labute approximate surface area is 112 Å². The third-order valence-electron chi connectivity index (χ3n) is 3.19. The van der Waals surface area contributed by atoms with Gasteiger partial charge in [-0.25, -0.2) is 4.39 Å². The van der Waals surface area contributed by atoms with Gasteiger partial charge in [0.2, 0.25) is 0 Å². The maximum atomic E-state index is 13.7. The number of hydrogen-bond acceptors (Lipinski definition) is 1. The number of allylic oxidation sites excluding steroid dienone is 2. The summed E-state index contributed by atoms with van der Waals surface area (Å²) in [7, 11) is 0. The van der Waals surface area contributed by atoms with Gasteiger partial charge in [-0.2, -0.15) is 0 Å². The van der Waals surface area contributed by atoms with Gasteiger partial charge < -0.3 is 0 Å². The van der Waals surface area contributed by atoms with Crippen LogP contribution in [0.1, 0.15) is 32.3 Å². The maximum absolute atomic E-state index is 13.7. The first-order chi connectivity index (χ1) is 8.37. The van der Waals surface area contributed by atoms with E-state index < -0.39 is 0 Å². The molecule has 1 aliphatic rings. The van der Waals surface area contributed by atoms with Crippen LogP contribution < -0.4 is 0 Å². The SMILES string of the molecule is CC1(C)CC(=O)C=C(Cc2c(F)cccc2Cl)C1. The van der Waals surface area contributed by atoms with E-state index in [4.69, 9.17) is 11.6 Å². The lowest BCUT2D eigenvalue weighted by Crippen LogP contribution is -2.22. The molecule has 3 heteroatoms. The van der Waals surface area contributed by atoms with Gasteiger partial charge in [-0.15, -0.1) is 0 Å². The van der Waals surface area contributed by atoms with Crippen molar-refractivity contribution >= 4 is 17.4 Å². The molecule has 0 fully saturated rings. The highest BCUT2D eigenvalue weighted by atomic mass is 35.5. The van der Waals surface area contributed by atoms with Crippen molar-refractivity contribution in [2.75, 3.05) is 0 Å². The van der Waals surface area contributed by atoms with Crippen LogP contribution >= 0.6 is 11.6 Å². The Balaban J connectivity index is 2.27. The van der Waals surface area contributed by atoms with Crippen molar-refractivity contribution in [2.24, 2.45) is 5.41 Å². The standard InChI is InChI=1S/C15H16ClFO/c1-15(2)8-10(6-11(18)9-15)7-12-13(16)4-3-5-14(12)17/h3-6H,7-9H2,1-2H3. The first-order valence-corrected chi connectivity index (χ1v) is 6.40. The van der Waals surface area contributed by atoms with Crippen LogP contribution in [0.25, 0.3) is 0 Å². The molecule has 0 aliphatic heterocycles. The molecule has 0 N–H and O–H groups in total. The van der Waals surface area contributed by atoms with Gasteiger partial charge in [0.15, 0.2) is 5.78 Å². The Morgan fingerprint density at radius 2 is 2.06 bits per heavy atom. The fourth-order valence-electron chi connectivity index (χ4n) is 2.52. The van der Waals surface area contributed by atoms with Gasteiger partial charge >= 0.3 is 0 Å². The molecule has 0 saturated heterocycles. The van der Waals surface area contributed by atoms with E-state index in [9.17, 15) is 9.18 Å². The summed E-state index contributed by atoms with van der Waals surface area (Å²) >= 11 is 6.00. The van der Waals surface area contributed by atoms with Gasteiger partial charge in [0.05, 0.1) is 0 Å². The Bertz CT molecular complexity index is 497. The zero-order chi connectivity index (χ0) is 13.3. The molecule has 1 aromatic rings. The predicted molar refractivity (Wildman–Crippen MR) is 71.2 cm³/mol. The molecule has 1 nitrogen and oxygen atoms in total. The topological polar surface area (TPSA) is 17.1 Å². The molecule has 18 heavy (non-hydrogen) atoms. The number of carbonyl (C=O) groups excluding carboxylic acids is 1. The number of ketones is 1. The first kappa shape index (κ1) is 13.3. The first-order valence-electron chi connectivity index (χ1n) is 6.02. The van der Waals surface area contributed by atoms with Gasteiger partial charge in [0, 0.05) is 17.0 Å². The molecular formula is C15H16ClFO. The molecule has 96 valence electrons.